The molecule has 1 aromatic heterocycles. The molecule has 0 spiro atoms. The molecule has 0 amide bonds. The number of carbonyl (C=O) groups is 1. The number of nitrogens with zero attached hydrogens (tertiary/aromatic N) is 1. The van der Waals surface area contributed by atoms with Gasteiger partial charge in [0.15, 0.2) is 0 Å². The van der Waals surface area contributed by atoms with E-state index in [2.05, 4.69) is 9.72 Å². The van der Waals surface area contributed by atoms with Crippen LogP contribution in [-0.2, 0) is 16.0 Å². The first-order valence-corrected chi connectivity index (χ1v) is 6.49. The molecule has 9 heteroatoms. The van der Waals surface area contributed by atoms with Crippen LogP contribution >= 0.6 is 22.6 Å². The minimum atomic E-state index is -4.84. The van der Waals surface area contributed by atoms with Crippen LogP contribution in [0, 0.1) is 3.70 Å². The fourth-order valence-electron chi connectivity index (χ4n) is 1.37. The molecule has 0 radical (unpaired) electrons. The van der Waals surface area contributed by atoms with E-state index in [0.717, 1.165) is 6.07 Å². The maximum Gasteiger partial charge on any atom is 0.574 e. The maximum atomic E-state index is 12.1. The summed E-state index contributed by atoms with van der Waals surface area (Å²) in [5, 5.41) is 0. The highest BCUT2D eigenvalue weighted by molar-refractivity contribution is 14.1. The van der Waals surface area contributed by atoms with E-state index in [1.165, 1.54) is 7.11 Å². The zero-order chi connectivity index (χ0) is 15.3. The average Bonchev–Trinajstić information content (AvgIpc) is 2.30. The van der Waals surface area contributed by atoms with E-state index in [1.807, 2.05) is 0 Å². The van der Waals surface area contributed by atoms with Crippen molar-refractivity contribution >= 4 is 28.6 Å². The molecule has 0 atom stereocenters. The first kappa shape index (κ1) is 16.8. The van der Waals surface area contributed by atoms with E-state index in [4.69, 9.17) is 9.47 Å². The number of aromatic nitrogens is 1. The van der Waals surface area contributed by atoms with Crippen molar-refractivity contribution in [1.29, 1.82) is 0 Å². The highest BCUT2D eigenvalue weighted by Gasteiger charge is 2.32. The lowest BCUT2D eigenvalue weighted by Gasteiger charge is -2.13. The number of rotatable bonds is 5. The zero-order valence-electron chi connectivity index (χ0n) is 10.6. The Labute approximate surface area is 126 Å². The standard InChI is InChI=1S/C11H11F3INO4/c1-3-19-9(17)4-6-7(18-2)5-8(16-10(6)15)20-11(12,13)14/h5H,3-4H2,1-2H3. The fourth-order valence-corrected chi connectivity index (χ4v) is 2.06. The monoisotopic (exact) mass is 405 g/mol. The van der Waals surface area contributed by atoms with Crippen LogP contribution < -0.4 is 9.47 Å². The van der Waals surface area contributed by atoms with Gasteiger partial charge in [-0.25, -0.2) is 4.98 Å². The molecular formula is C11H11F3INO4. The van der Waals surface area contributed by atoms with Crippen molar-refractivity contribution in [2.75, 3.05) is 13.7 Å². The van der Waals surface area contributed by atoms with E-state index < -0.39 is 18.2 Å². The molecule has 1 rings (SSSR count). The van der Waals surface area contributed by atoms with Crippen LogP contribution in [0.5, 0.6) is 11.6 Å². The molecular weight excluding hydrogens is 394 g/mol. The third kappa shape index (κ3) is 5.02. The summed E-state index contributed by atoms with van der Waals surface area (Å²) in [5.41, 5.74) is 0.348. The smallest absolute Gasteiger partial charge is 0.496 e. The van der Waals surface area contributed by atoms with Crippen LogP contribution in [0.1, 0.15) is 12.5 Å². The number of halogens is 4. The average molecular weight is 405 g/mol. The Morgan fingerprint density at radius 2 is 2.10 bits per heavy atom. The summed E-state index contributed by atoms with van der Waals surface area (Å²) in [7, 11) is 1.28. The van der Waals surface area contributed by atoms with Gasteiger partial charge in [-0.2, -0.15) is 0 Å². The van der Waals surface area contributed by atoms with Crippen LogP contribution in [0.25, 0.3) is 0 Å². The molecule has 1 aromatic rings. The largest absolute Gasteiger partial charge is 0.574 e. The lowest BCUT2D eigenvalue weighted by atomic mass is 10.2. The number of carbonyl (C=O) groups excluding carboxylic acids is 1. The highest BCUT2D eigenvalue weighted by atomic mass is 127. The molecule has 0 aliphatic rings. The summed E-state index contributed by atoms with van der Waals surface area (Å²) >= 11 is 1.70. The number of methoxy groups -OCH3 is 1. The molecule has 0 fully saturated rings. The Balaban J connectivity index is 3.05. The predicted octanol–water partition coefficient (Wildman–Crippen LogP) is 2.70. The number of hydrogen-bond donors (Lipinski definition) is 0. The number of esters is 1. The quantitative estimate of drug-likeness (QED) is 0.429. The minimum absolute atomic E-state index is 0.0803. The molecule has 5 nitrogen and oxygen atoms in total. The highest BCUT2D eigenvalue weighted by Crippen LogP contribution is 2.30. The Hall–Kier alpha value is -1.26. The molecule has 112 valence electrons. The third-order valence-electron chi connectivity index (χ3n) is 2.08. The summed E-state index contributed by atoms with van der Waals surface area (Å²) in [4.78, 5) is 15.1. The topological polar surface area (TPSA) is 57.7 Å². The van der Waals surface area contributed by atoms with Gasteiger partial charge in [0, 0.05) is 11.6 Å². The second-order valence-electron chi connectivity index (χ2n) is 3.46. The van der Waals surface area contributed by atoms with Gasteiger partial charge in [-0.3, -0.25) is 4.79 Å². The van der Waals surface area contributed by atoms with Crippen molar-refractivity contribution in [1.82, 2.24) is 4.98 Å². The van der Waals surface area contributed by atoms with Crippen LogP contribution in [0.15, 0.2) is 6.07 Å². The molecule has 0 unspecified atom stereocenters. The molecule has 1 heterocycles. The minimum Gasteiger partial charge on any atom is -0.496 e. The number of alkyl halides is 3. The molecule has 0 saturated carbocycles. The van der Waals surface area contributed by atoms with E-state index in [1.54, 1.807) is 29.5 Å². The van der Waals surface area contributed by atoms with Crippen molar-refractivity contribution in [2.45, 2.75) is 19.7 Å². The van der Waals surface area contributed by atoms with Crippen LogP contribution in [0.3, 0.4) is 0 Å². The zero-order valence-corrected chi connectivity index (χ0v) is 12.7. The van der Waals surface area contributed by atoms with E-state index >= 15 is 0 Å². The predicted molar refractivity (Wildman–Crippen MR) is 70.5 cm³/mol. The molecule has 0 aromatic carbocycles. The molecule has 20 heavy (non-hydrogen) atoms. The molecule has 0 aliphatic carbocycles. The van der Waals surface area contributed by atoms with Crippen molar-refractivity contribution < 1.29 is 32.2 Å². The molecule has 0 bridgehead atoms. The Morgan fingerprint density at radius 1 is 1.45 bits per heavy atom. The van der Waals surface area contributed by atoms with Crippen molar-refractivity contribution in [3.05, 3.63) is 15.3 Å². The van der Waals surface area contributed by atoms with Crippen molar-refractivity contribution in [3.63, 3.8) is 0 Å². The van der Waals surface area contributed by atoms with E-state index in [9.17, 15) is 18.0 Å². The van der Waals surface area contributed by atoms with E-state index in [-0.39, 0.29) is 22.5 Å². The molecule has 0 aliphatic heterocycles. The van der Waals surface area contributed by atoms with E-state index in [0.29, 0.717) is 5.56 Å². The van der Waals surface area contributed by atoms with Crippen molar-refractivity contribution in [2.24, 2.45) is 0 Å². The van der Waals surface area contributed by atoms with Gasteiger partial charge in [-0.15, -0.1) is 13.2 Å². The van der Waals surface area contributed by atoms with Gasteiger partial charge in [0.2, 0.25) is 5.88 Å². The van der Waals surface area contributed by atoms with Gasteiger partial charge in [0.25, 0.3) is 0 Å². The molecule has 0 saturated heterocycles. The Morgan fingerprint density at radius 3 is 2.60 bits per heavy atom. The van der Waals surface area contributed by atoms with Crippen LogP contribution in [-0.4, -0.2) is 31.0 Å². The maximum absolute atomic E-state index is 12.1. The second-order valence-corrected chi connectivity index (χ2v) is 4.48. The Bertz CT molecular complexity index is 493. The Kier molecular flexibility index (Phi) is 5.84. The summed E-state index contributed by atoms with van der Waals surface area (Å²) < 4.78 is 50.1. The van der Waals surface area contributed by atoms with Gasteiger partial charge in [-0.1, -0.05) is 0 Å². The second kappa shape index (κ2) is 6.95. The van der Waals surface area contributed by atoms with Crippen LogP contribution in [0.4, 0.5) is 13.2 Å². The number of ether oxygens (including phenoxy) is 3. The third-order valence-corrected chi connectivity index (χ3v) is 2.97. The van der Waals surface area contributed by atoms with Gasteiger partial charge < -0.3 is 14.2 Å². The summed E-state index contributed by atoms with van der Waals surface area (Å²) in [6, 6.07) is 0.976. The first-order chi connectivity index (χ1) is 9.26. The fraction of sp³-hybridized carbons (Fsp3) is 0.455. The van der Waals surface area contributed by atoms with Crippen LogP contribution in [0.2, 0.25) is 0 Å². The lowest BCUT2D eigenvalue weighted by molar-refractivity contribution is -0.276. The summed E-state index contributed by atoms with van der Waals surface area (Å²) in [6.45, 7) is 1.86. The first-order valence-electron chi connectivity index (χ1n) is 5.41. The normalized spacial score (nSPS) is 11.1. The van der Waals surface area contributed by atoms with Gasteiger partial charge in [0.1, 0.15) is 9.45 Å². The molecule has 0 N–H and O–H groups in total. The summed E-state index contributed by atoms with van der Waals surface area (Å²) in [6.07, 6.45) is -4.99. The number of pyridine rings is 1. The van der Waals surface area contributed by atoms with Gasteiger partial charge in [0.05, 0.1) is 20.1 Å². The number of hydrogen-bond acceptors (Lipinski definition) is 5. The van der Waals surface area contributed by atoms with Gasteiger partial charge in [-0.05, 0) is 29.5 Å². The SMILES string of the molecule is CCOC(=O)Cc1c(OC)cc(OC(F)(F)F)nc1I. The summed E-state index contributed by atoms with van der Waals surface area (Å²) in [5.74, 6) is -1.09. The lowest BCUT2D eigenvalue weighted by Crippen LogP contribution is -2.19. The van der Waals surface area contributed by atoms with Crippen molar-refractivity contribution in [3.8, 4) is 11.6 Å². The van der Waals surface area contributed by atoms with Gasteiger partial charge >= 0.3 is 12.3 Å².